The van der Waals surface area contributed by atoms with Gasteiger partial charge in [-0.3, -0.25) is 9.59 Å². The maximum absolute atomic E-state index is 12.1. The molecule has 1 saturated heterocycles. The molecule has 1 aliphatic heterocycles. The number of carbonyl (C=O) groups is 2. The predicted octanol–water partition coefficient (Wildman–Crippen LogP) is 1.09. The normalized spacial score (nSPS) is 18.6. The SMILES string of the molecule is CCCN1CCN(CC(C)CNC(C)(C)C)C(=O)C1=O. The quantitative estimate of drug-likeness (QED) is 0.743. The first-order chi connectivity index (χ1) is 9.24. The Kier molecular flexibility index (Phi) is 5.99. The zero-order chi connectivity index (χ0) is 15.3. The Labute approximate surface area is 122 Å². The van der Waals surface area contributed by atoms with Gasteiger partial charge in [0, 0.05) is 31.7 Å². The molecule has 1 N–H and O–H groups in total. The van der Waals surface area contributed by atoms with Crippen molar-refractivity contribution in [1.29, 1.82) is 0 Å². The van der Waals surface area contributed by atoms with E-state index in [1.807, 2.05) is 6.92 Å². The summed E-state index contributed by atoms with van der Waals surface area (Å²) in [5.74, 6) is -0.343. The van der Waals surface area contributed by atoms with Crippen molar-refractivity contribution in [1.82, 2.24) is 15.1 Å². The lowest BCUT2D eigenvalue weighted by atomic mass is 10.1. The Balaban J connectivity index is 2.45. The highest BCUT2D eigenvalue weighted by Crippen LogP contribution is 2.09. The van der Waals surface area contributed by atoms with E-state index in [1.165, 1.54) is 0 Å². The standard InChI is InChI=1S/C15H29N3O2/c1-6-7-17-8-9-18(14(20)13(17)19)11-12(2)10-16-15(3,4)5/h12,16H,6-11H2,1-5H3. The molecule has 20 heavy (non-hydrogen) atoms. The van der Waals surface area contributed by atoms with Crippen molar-refractivity contribution in [3.05, 3.63) is 0 Å². The third kappa shape index (κ3) is 5.12. The fourth-order valence-corrected chi connectivity index (χ4v) is 2.29. The molecule has 5 heteroatoms. The molecule has 0 aliphatic carbocycles. The fraction of sp³-hybridized carbons (Fsp3) is 0.867. The van der Waals surface area contributed by atoms with Crippen molar-refractivity contribution in [3.63, 3.8) is 0 Å². The molecule has 1 atom stereocenters. The predicted molar refractivity (Wildman–Crippen MR) is 80.4 cm³/mol. The summed E-state index contributed by atoms with van der Waals surface area (Å²) in [4.78, 5) is 27.4. The largest absolute Gasteiger partial charge is 0.333 e. The molecule has 0 saturated carbocycles. The second-order valence-corrected chi connectivity index (χ2v) is 6.78. The summed E-state index contributed by atoms with van der Waals surface area (Å²) in [6.07, 6.45) is 0.894. The molecular formula is C15H29N3O2. The molecule has 116 valence electrons. The molecule has 1 fully saturated rings. The maximum atomic E-state index is 12.1. The molecule has 0 bridgehead atoms. The summed E-state index contributed by atoms with van der Waals surface area (Å²) < 4.78 is 0. The molecule has 0 spiro atoms. The summed E-state index contributed by atoms with van der Waals surface area (Å²) in [5.41, 5.74) is 0.0773. The maximum Gasteiger partial charge on any atom is 0.312 e. The Morgan fingerprint density at radius 2 is 1.70 bits per heavy atom. The van der Waals surface area contributed by atoms with Gasteiger partial charge in [0.15, 0.2) is 0 Å². The van der Waals surface area contributed by atoms with Crippen molar-refractivity contribution in [3.8, 4) is 0 Å². The topological polar surface area (TPSA) is 52.6 Å². The van der Waals surface area contributed by atoms with Crippen LogP contribution in [0.4, 0.5) is 0 Å². The first kappa shape index (κ1) is 17.0. The molecule has 1 unspecified atom stereocenters. The molecule has 1 aliphatic rings. The third-order valence-corrected chi connectivity index (χ3v) is 3.40. The van der Waals surface area contributed by atoms with Gasteiger partial charge in [-0.25, -0.2) is 0 Å². The Bertz CT molecular complexity index is 350. The minimum Gasteiger partial charge on any atom is -0.333 e. The van der Waals surface area contributed by atoms with Crippen molar-refractivity contribution in [2.45, 2.75) is 46.6 Å². The van der Waals surface area contributed by atoms with E-state index in [2.05, 4.69) is 33.0 Å². The molecule has 0 aromatic rings. The van der Waals surface area contributed by atoms with E-state index in [4.69, 9.17) is 0 Å². The monoisotopic (exact) mass is 283 g/mol. The van der Waals surface area contributed by atoms with Gasteiger partial charge in [0.05, 0.1) is 0 Å². The van der Waals surface area contributed by atoms with Gasteiger partial charge in [-0.1, -0.05) is 13.8 Å². The van der Waals surface area contributed by atoms with Gasteiger partial charge in [0.1, 0.15) is 0 Å². The minimum atomic E-state index is -0.340. The highest BCUT2D eigenvalue weighted by atomic mass is 16.2. The van der Waals surface area contributed by atoms with Gasteiger partial charge < -0.3 is 15.1 Å². The van der Waals surface area contributed by atoms with E-state index in [1.54, 1.807) is 9.80 Å². The van der Waals surface area contributed by atoms with E-state index in [-0.39, 0.29) is 17.4 Å². The molecule has 1 heterocycles. The van der Waals surface area contributed by atoms with E-state index < -0.39 is 0 Å². The summed E-state index contributed by atoms with van der Waals surface area (Å²) in [6.45, 7) is 14.0. The number of rotatable bonds is 6. The summed E-state index contributed by atoms with van der Waals surface area (Å²) in [6, 6.07) is 0. The second-order valence-electron chi connectivity index (χ2n) is 6.78. The lowest BCUT2D eigenvalue weighted by molar-refractivity contribution is -0.156. The Hall–Kier alpha value is -1.10. The molecule has 1 rings (SSSR count). The van der Waals surface area contributed by atoms with Crippen LogP contribution < -0.4 is 5.32 Å². The van der Waals surface area contributed by atoms with Crippen LogP contribution in [0.15, 0.2) is 0 Å². The lowest BCUT2D eigenvalue weighted by Gasteiger charge is -2.35. The van der Waals surface area contributed by atoms with Crippen LogP contribution in [-0.4, -0.2) is 59.9 Å². The van der Waals surface area contributed by atoms with Crippen LogP contribution in [-0.2, 0) is 9.59 Å². The zero-order valence-corrected chi connectivity index (χ0v) is 13.5. The molecule has 0 radical (unpaired) electrons. The molecule has 2 amide bonds. The van der Waals surface area contributed by atoms with Gasteiger partial charge in [-0.05, 0) is 39.7 Å². The van der Waals surface area contributed by atoms with E-state index in [0.717, 1.165) is 13.0 Å². The smallest absolute Gasteiger partial charge is 0.312 e. The average molecular weight is 283 g/mol. The van der Waals surface area contributed by atoms with Crippen molar-refractivity contribution in [2.24, 2.45) is 5.92 Å². The Morgan fingerprint density at radius 1 is 1.15 bits per heavy atom. The van der Waals surface area contributed by atoms with Crippen LogP contribution in [0.25, 0.3) is 0 Å². The molecule has 5 nitrogen and oxygen atoms in total. The number of carbonyl (C=O) groups excluding carboxylic acids is 2. The highest BCUT2D eigenvalue weighted by Gasteiger charge is 2.32. The van der Waals surface area contributed by atoms with Gasteiger partial charge in [0.25, 0.3) is 0 Å². The number of amides is 2. The first-order valence-corrected chi connectivity index (χ1v) is 7.57. The van der Waals surface area contributed by atoms with E-state index in [0.29, 0.717) is 32.1 Å². The van der Waals surface area contributed by atoms with E-state index >= 15 is 0 Å². The zero-order valence-electron chi connectivity index (χ0n) is 13.5. The third-order valence-electron chi connectivity index (χ3n) is 3.40. The molecular weight excluding hydrogens is 254 g/mol. The van der Waals surface area contributed by atoms with Crippen LogP contribution in [0.1, 0.15) is 41.0 Å². The van der Waals surface area contributed by atoms with Crippen LogP contribution in [0.5, 0.6) is 0 Å². The average Bonchev–Trinajstić information content (AvgIpc) is 2.35. The van der Waals surface area contributed by atoms with Crippen molar-refractivity contribution >= 4 is 11.8 Å². The van der Waals surface area contributed by atoms with Gasteiger partial charge >= 0.3 is 11.8 Å². The van der Waals surface area contributed by atoms with Gasteiger partial charge in [-0.15, -0.1) is 0 Å². The van der Waals surface area contributed by atoms with Gasteiger partial charge in [-0.2, -0.15) is 0 Å². The summed E-state index contributed by atoms with van der Waals surface area (Å²) >= 11 is 0. The lowest BCUT2D eigenvalue weighted by Crippen LogP contribution is -2.55. The van der Waals surface area contributed by atoms with Crippen molar-refractivity contribution in [2.75, 3.05) is 32.7 Å². The number of nitrogens with one attached hydrogen (secondary N) is 1. The van der Waals surface area contributed by atoms with Crippen LogP contribution in [0.3, 0.4) is 0 Å². The molecule has 0 aromatic heterocycles. The Morgan fingerprint density at radius 3 is 2.25 bits per heavy atom. The first-order valence-electron chi connectivity index (χ1n) is 7.57. The fourth-order valence-electron chi connectivity index (χ4n) is 2.29. The van der Waals surface area contributed by atoms with Crippen LogP contribution in [0, 0.1) is 5.92 Å². The van der Waals surface area contributed by atoms with Crippen LogP contribution in [0.2, 0.25) is 0 Å². The number of piperazine rings is 1. The van der Waals surface area contributed by atoms with E-state index in [9.17, 15) is 9.59 Å². The second kappa shape index (κ2) is 7.07. The van der Waals surface area contributed by atoms with Crippen molar-refractivity contribution < 1.29 is 9.59 Å². The van der Waals surface area contributed by atoms with Gasteiger partial charge in [0.2, 0.25) is 0 Å². The highest BCUT2D eigenvalue weighted by molar-refractivity contribution is 6.35. The summed E-state index contributed by atoms with van der Waals surface area (Å²) in [7, 11) is 0. The number of nitrogens with zero attached hydrogens (tertiary/aromatic N) is 2. The number of hydrogen-bond donors (Lipinski definition) is 1. The number of hydrogen-bond acceptors (Lipinski definition) is 3. The minimum absolute atomic E-state index is 0.0773. The molecule has 0 aromatic carbocycles. The van der Waals surface area contributed by atoms with Crippen LogP contribution >= 0.6 is 0 Å². The summed E-state index contributed by atoms with van der Waals surface area (Å²) in [5, 5.41) is 3.43.